The first kappa shape index (κ1) is 16.0. The van der Waals surface area contributed by atoms with Crippen LogP contribution in [0.3, 0.4) is 0 Å². The van der Waals surface area contributed by atoms with Gasteiger partial charge in [-0.25, -0.2) is 0 Å². The fourth-order valence-electron chi connectivity index (χ4n) is 2.58. The van der Waals surface area contributed by atoms with Gasteiger partial charge in [-0.05, 0) is 38.7 Å². The molecule has 0 N–H and O–H groups in total. The molecule has 0 bridgehead atoms. The van der Waals surface area contributed by atoms with Crippen LogP contribution >= 0.6 is 0 Å². The highest BCUT2D eigenvalue weighted by molar-refractivity contribution is 6.01. The van der Waals surface area contributed by atoms with Gasteiger partial charge in [0.25, 0.3) is 0 Å². The van der Waals surface area contributed by atoms with Gasteiger partial charge in [0, 0.05) is 5.92 Å². The van der Waals surface area contributed by atoms with Crippen molar-refractivity contribution in [2.45, 2.75) is 58.8 Å². The molecule has 0 fully saturated rings. The zero-order chi connectivity index (χ0) is 13.9. The number of nitrogens with zero attached hydrogens (tertiary/aromatic N) is 1. The Labute approximate surface area is 118 Å². The maximum atomic E-state index is 5.72. The van der Waals surface area contributed by atoms with Crippen LogP contribution in [-0.2, 0) is 4.74 Å². The van der Waals surface area contributed by atoms with Crippen LogP contribution in [0.4, 0.5) is 0 Å². The van der Waals surface area contributed by atoms with E-state index >= 15 is 0 Å². The van der Waals surface area contributed by atoms with E-state index in [-0.39, 0.29) is 0 Å². The van der Waals surface area contributed by atoms with E-state index in [0.717, 1.165) is 25.3 Å². The summed E-state index contributed by atoms with van der Waals surface area (Å²) in [6.45, 7) is 9.63. The highest BCUT2D eigenvalue weighted by Gasteiger charge is 2.22. The van der Waals surface area contributed by atoms with Crippen molar-refractivity contribution in [3.05, 3.63) is 24.5 Å². The number of aliphatic imine (C=N–C) groups is 1. The minimum atomic E-state index is 0.588. The third-order valence-electron chi connectivity index (χ3n) is 3.59. The van der Waals surface area contributed by atoms with Crippen LogP contribution in [0, 0.1) is 5.92 Å². The third-order valence-corrected chi connectivity index (χ3v) is 3.59. The summed E-state index contributed by atoms with van der Waals surface area (Å²) in [6.07, 6.45) is 12.8. The fraction of sp³-hybridized carbons (Fsp3) is 0.706. The van der Waals surface area contributed by atoms with Crippen LogP contribution in [0.1, 0.15) is 58.8 Å². The largest absolute Gasteiger partial charge is 0.492 e. The first-order valence-corrected chi connectivity index (χ1v) is 7.82. The molecule has 0 aromatic heterocycles. The minimum absolute atomic E-state index is 0.588. The number of unbranched alkanes of at least 4 members (excludes halogenated alkanes) is 3. The van der Waals surface area contributed by atoms with E-state index in [1.165, 1.54) is 44.2 Å². The molecule has 1 atom stereocenters. The normalized spacial score (nSPS) is 15.9. The van der Waals surface area contributed by atoms with Crippen molar-refractivity contribution in [1.29, 1.82) is 0 Å². The van der Waals surface area contributed by atoms with E-state index in [9.17, 15) is 0 Å². The van der Waals surface area contributed by atoms with E-state index in [1.54, 1.807) is 0 Å². The highest BCUT2D eigenvalue weighted by atomic mass is 16.5. The molecule has 108 valence electrons. The lowest BCUT2D eigenvalue weighted by Crippen LogP contribution is -2.17. The SMILES string of the molecule is C=CCCCCC(CCCC)C1=NCC=C1OCC. The molecular formula is C17H29NO. The number of rotatable bonds is 11. The van der Waals surface area contributed by atoms with Gasteiger partial charge in [-0.2, -0.15) is 0 Å². The van der Waals surface area contributed by atoms with Gasteiger partial charge in [-0.15, -0.1) is 6.58 Å². The standard InChI is InChI=1S/C17H29NO/c1-4-7-9-10-12-15(11-8-5-2)17-16(19-6-3)13-14-18-17/h4,13,15H,1,5-12,14H2,2-3H3. The Morgan fingerprint density at radius 3 is 2.79 bits per heavy atom. The fourth-order valence-corrected chi connectivity index (χ4v) is 2.58. The van der Waals surface area contributed by atoms with Crippen molar-refractivity contribution in [2.75, 3.05) is 13.2 Å². The maximum Gasteiger partial charge on any atom is 0.138 e. The molecule has 1 aliphatic heterocycles. The van der Waals surface area contributed by atoms with Gasteiger partial charge < -0.3 is 4.74 Å². The lowest BCUT2D eigenvalue weighted by atomic mass is 9.90. The molecule has 1 heterocycles. The smallest absolute Gasteiger partial charge is 0.138 e. The summed E-state index contributed by atoms with van der Waals surface area (Å²) >= 11 is 0. The monoisotopic (exact) mass is 263 g/mol. The lowest BCUT2D eigenvalue weighted by molar-refractivity contribution is 0.247. The number of hydrogen-bond acceptors (Lipinski definition) is 2. The summed E-state index contributed by atoms with van der Waals surface area (Å²) in [4.78, 5) is 4.67. The Balaban J connectivity index is 2.52. The summed E-state index contributed by atoms with van der Waals surface area (Å²) in [5, 5.41) is 0. The van der Waals surface area contributed by atoms with Gasteiger partial charge in [0.2, 0.25) is 0 Å². The van der Waals surface area contributed by atoms with Crippen molar-refractivity contribution < 1.29 is 4.74 Å². The van der Waals surface area contributed by atoms with Gasteiger partial charge >= 0.3 is 0 Å². The van der Waals surface area contributed by atoms with Crippen LogP contribution in [-0.4, -0.2) is 18.9 Å². The second-order valence-corrected chi connectivity index (χ2v) is 5.14. The zero-order valence-corrected chi connectivity index (χ0v) is 12.7. The molecule has 0 spiro atoms. The molecule has 1 unspecified atom stereocenters. The zero-order valence-electron chi connectivity index (χ0n) is 12.7. The van der Waals surface area contributed by atoms with E-state index < -0.39 is 0 Å². The molecule has 2 nitrogen and oxygen atoms in total. The second kappa shape index (κ2) is 9.82. The number of ether oxygens (including phenoxy) is 1. The van der Waals surface area contributed by atoms with E-state index in [1.807, 2.05) is 13.0 Å². The van der Waals surface area contributed by atoms with E-state index in [0.29, 0.717) is 5.92 Å². The van der Waals surface area contributed by atoms with E-state index in [4.69, 9.17) is 4.74 Å². The Kier molecular flexibility index (Phi) is 8.28. The van der Waals surface area contributed by atoms with Crippen molar-refractivity contribution in [3.8, 4) is 0 Å². The average Bonchev–Trinajstić information content (AvgIpc) is 2.87. The average molecular weight is 263 g/mol. The molecule has 19 heavy (non-hydrogen) atoms. The molecule has 0 aromatic carbocycles. The van der Waals surface area contributed by atoms with Crippen molar-refractivity contribution >= 4 is 5.71 Å². The topological polar surface area (TPSA) is 21.6 Å². The predicted molar refractivity (Wildman–Crippen MR) is 83.7 cm³/mol. The van der Waals surface area contributed by atoms with E-state index in [2.05, 4.69) is 24.6 Å². The van der Waals surface area contributed by atoms with Gasteiger partial charge in [0.15, 0.2) is 0 Å². The van der Waals surface area contributed by atoms with Crippen LogP contribution in [0.2, 0.25) is 0 Å². The van der Waals surface area contributed by atoms with Crippen molar-refractivity contribution in [1.82, 2.24) is 0 Å². The molecule has 0 saturated heterocycles. The number of hydrogen-bond donors (Lipinski definition) is 0. The van der Waals surface area contributed by atoms with Gasteiger partial charge in [0.05, 0.1) is 18.9 Å². The molecule has 2 heteroatoms. The van der Waals surface area contributed by atoms with Crippen LogP contribution < -0.4 is 0 Å². The first-order valence-electron chi connectivity index (χ1n) is 7.82. The van der Waals surface area contributed by atoms with Crippen molar-refractivity contribution in [2.24, 2.45) is 10.9 Å². The summed E-state index contributed by atoms with van der Waals surface area (Å²) in [6, 6.07) is 0. The minimum Gasteiger partial charge on any atom is -0.492 e. The van der Waals surface area contributed by atoms with Crippen LogP contribution in [0.25, 0.3) is 0 Å². The Morgan fingerprint density at radius 2 is 2.11 bits per heavy atom. The first-order chi connectivity index (χ1) is 9.33. The van der Waals surface area contributed by atoms with Crippen LogP contribution in [0.5, 0.6) is 0 Å². The maximum absolute atomic E-state index is 5.72. The summed E-state index contributed by atoms with van der Waals surface area (Å²) < 4.78 is 5.72. The second-order valence-electron chi connectivity index (χ2n) is 5.14. The molecule has 0 amide bonds. The Hall–Kier alpha value is -1.05. The third kappa shape index (κ3) is 5.63. The van der Waals surface area contributed by atoms with Crippen LogP contribution in [0.15, 0.2) is 29.5 Å². The molecule has 0 saturated carbocycles. The van der Waals surface area contributed by atoms with Gasteiger partial charge in [-0.3, -0.25) is 4.99 Å². The molecule has 0 aromatic rings. The quantitative estimate of drug-likeness (QED) is 0.383. The van der Waals surface area contributed by atoms with Gasteiger partial charge in [0.1, 0.15) is 5.76 Å². The molecule has 0 aliphatic carbocycles. The van der Waals surface area contributed by atoms with Gasteiger partial charge in [-0.1, -0.05) is 32.3 Å². The molecular weight excluding hydrogens is 234 g/mol. The molecule has 1 rings (SSSR count). The molecule has 0 radical (unpaired) electrons. The number of allylic oxidation sites excluding steroid dienone is 2. The highest BCUT2D eigenvalue weighted by Crippen LogP contribution is 2.25. The molecule has 1 aliphatic rings. The summed E-state index contributed by atoms with van der Waals surface area (Å²) in [5.41, 5.74) is 1.23. The summed E-state index contributed by atoms with van der Waals surface area (Å²) in [5.74, 6) is 1.64. The van der Waals surface area contributed by atoms with Crippen molar-refractivity contribution in [3.63, 3.8) is 0 Å². The predicted octanol–water partition coefficient (Wildman–Crippen LogP) is 4.91. The Morgan fingerprint density at radius 1 is 1.32 bits per heavy atom. The Bertz CT molecular complexity index is 317. The summed E-state index contributed by atoms with van der Waals surface area (Å²) in [7, 11) is 0. The lowest BCUT2D eigenvalue weighted by Gasteiger charge is -2.19.